The van der Waals surface area contributed by atoms with Crippen molar-refractivity contribution >= 4 is 21.7 Å². The highest BCUT2D eigenvalue weighted by atomic mass is 79.9. The van der Waals surface area contributed by atoms with Gasteiger partial charge in [-0.2, -0.15) is 5.10 Å². The number of ether oxygens (including phenoxy) is 1. The van der Waals surface area contributed by atoms with Crippen LogP contribution in [0.5, 0.6) is 5.75 Å². The normalized spacial score (nSPS) is 10.3. The molecule has 18 heavy (non-hydrogen) atoms. The monoisotopic (exact) mass is 309 g/mol. The number of hydrogen-bond acceptors (Lipinski definition) is 4. The van der Waals surface area contributed by atoms with E-state index in [9.17, 15) is 4.79 Å². The van der Waals surface area contributed by atoms with Gasteiger partial charge in [0.25, 0.3) is 5.56 Å². The zero-order valence-electron chi connectivity index (χ0n) is 9.54. The van der Waals surface area contributed by atoms with Gasteiger partial charge < -0.3 is 10.5 Å². The summed E-state index contributed by atoms with van der Waals surface area (Å²) in [5, 5.41) is 3.91. The summed E-state index contributed by atoms with van der Waals surface area (Å²) in [6.07, 6.45) is 0. The maximum absolute atomic E-state index is 11.4. The van der Waals surface area contributed by atoms with Crippen LogP contribution >= 0.6 is 15.9 Å². The third kappa shape index (κ3) is 3.33. The Morgan fingerprint density at radius 3 is 2.94 bits per heavy atom. The molecule has 0 saturated carbocycles. The van der Waals surface area contributed by atoms with Crippen LogP contribution in [0.25, 0.3) is 0 Å². The fourth-order valence-corrected chi connectivity index (χ4v) is 1.81. The van der Waals surface area contributed by atoms with E-state index >= 15 is 0 Å². The molecule has 0 amide bonds. The van der Waals surface area contributed by atoms with Gasteiger partial charge in [0.1, 0.15) is 18.2 Å². The number of nitrogen functional groups attached to an aromatic ring is 1. The summed E-state index contributed by atoms with van der Waals surface area (Å²) in [5.41, 5.74) is 5.32. The number of hydrogen-bond donors (Lipinski definition) is 1. The zero-order valence-corrected chi connectivity index (χ0v) is 11.1. The second-order valence-electron chi connectivity index (χ2n) is 3.63. The van der Waals surface area contributed by atoms with E-state index in [2.05, 4.69) is 21.0 Å². The topological polar surface area (TPSA) is 70.1 Å². The van der Waals surface area contributed by atoms with E-state index in [0.29, 0.717) is 19.0 Å². The second-order valence-corrected chi connectivity index (χ2v) is 4.54. The smallest absolute Gasteiger partial charge is 0.266 e. The summed E-state index contributed by atoms with van der Waals surface area (Å²) in [6, 6.07) is 10.4. The van der Waals surface area contributed by atoms with Crippen molar-refractivity contribution in [1.29, 1.82) is 0 Å². The van der Waals surface area contributed by atoms with Gasteiger partial charge in [0.2, 0.25) is 0 Å². The van der Waals surface area contributed by atoms with E-state index in [4.69, 9.17) is 10.5 Å². The van der Waals surface area contributed by atoms with Crippen LogP contribution in [0.2, 0.25) is 0 Å². The molecule has 0 unspecified atom stereocenters. The summed E-state index contributed by atoms with van der Waals surface area (Å²) in [5.74, 6) is 1.05. The molecule has 2 aromatic rings. The van der Waals surface area contributed by atoms with E-state index in [-0.39, 0.29) is 5.56 Å². The fourth-order valence-electron chi connectivity index (χ4n) is 1.43. The summed E-state index contributed by atoms with van der Waals surface area (Å²) in [4.78, 5) is 11.4. The predicted molar refractivity (Wildman–Crippen MR) is 72.5 cm³/mol. The summed E-state index contributed by atoms with van der Waals surface area (Å²) in [7, 11) is 0. The highest BCUT2D eigenvalue weighted by Crippen LogP contribution is 2.17. The van der Waals surface area contributed by atoms with Gasteiger partial charge in [0.15, 0.2) is 0 Å². The standard InChI is InChI=1S/C12H12BrN3O2/c13-9-2-1-3-10(8-9)18-7-6-16-12(17)5-4-11(14)15-16/h1-5,8H,6-7H2,(H2,14,15). The van der Waals surface area contributed by atoms with Crippen molar-refractivity contribution in [3.8, 4) is 5.75 Å². The molecule has 1 aromatic carbocycles. The number of aromatic nitrogens is 2. The van der Waals surface area contributed by atoms with Gasteiger partial charge in [-0.3, -0.25) is 4.79 Å². The number of nitrogens with zero attached hydrogens (tertiary/aromatic N) is 2. The Balaban J connectivity index is 1.96. The maximum atomic E-state index is 11.4. The van der Waals surface area contributed by atoms with Crippen molar-refractivity contribution in [3.63, 3.8) is 0 Å². The molecule has 0 saturated heterocycles. The van der Waals surface area contributed by atoms with Crippen LogP contribution in [0, 0.1) is 0 Å². The Bertz CT molecular complexity index is 598. The molecule has 0 radical (unpaired) electrons. The number of rotatable bonds is 4. The summed E-state index contributed by atoms with van der Waals surface area (Å²) >= 11 is 3.36. The first-order chi connectivity index (χ1) is 8.65. The minimum atomic E-state index is -0.193. The van der Waals surface area contributed by atoms with Gasteiger partial charge in [-0.05, 0) is 24.3 Å². The van der Waals surface area contributed by atoms with Crippen LogP contribution in [0.15, 0.2) is 45.7 Å². The minimum absolute atomic E-state index is 0.193. The highest BCUT2D eigenvalue weighted by molar-refractivity contribution is 9.10. The molecule has 0 bridgehead atoms. The van der Waals surface area contributed by atoms with Gasteiger partial charge in [0, 0.05) is 10.5 Å². The molecule has 2 N–H and O–H groups in total. The molecule has 2 rings (SSSR count). The molecule has 0 spiro atoms. The van der Waals surface area contributed by atoms with Crippen molar-refractivity contribution < 1.29 is 4.74 Å². The first kappa shape index (κ1) is 12.6. The van der Waals surface area contributed by atoms with Gasteiger partial charge in [-0.25, -0.2) is 4.68 Å². The Labute approximate surface area is 112 Å². The van der Waals surface area contributed by atoms with E-state index in [1.54, 1.807) is 0 Å². The first-order valence-electron chi connectivity index (χ1n) is 5.37. The van der Waals surface area contributed by atoms with E-state index in [0.717, 1.165) is 10.2 Å². The molecule has 0 aliphatic carbocycles. The molecule has 0 atom stereocenters. The zero-order chi connectivity index (χ0) is 13.0. The molecule has 1 heterocycles. The van der Waals surface area contributed by atoms with Gasteiger partial charge >= 0.3 is 0 Å². The Morgan fingerprint density at radius 2 is 2.17 bits per heavy atom. The lowest BCUT2D eigenvalue weighted by Crippen LogP contribution is -2.25. The third-order valence-corrected chi connectivity index (χ3v) is 2.75. The number of nitrogens with two attached hydrogens (primary N) is 1. The summed E-state index contributed by atoms with van der Waals surface area (Å²) < 4.78 is 7.74. The molecular formula is C12H12BrN3O2. The third-order valence-electron chi connectivity index (χ3n) is 2.26. The Kier molecular flexibility index (Phi) is 3.99. The van der Waals surface area contributed by atoms with Crippen molar-refractivity contribution in [2.45, 2.75) is 6.54 Å². The predicted octanol–water partition coefficient (Wildman–Crippen LogP) is 1.67. The molecule has 94 valence electrons. The molecule has 0 aliphatic rings. The Morgan fingerprint density at radius 1 is 1.33 bits per heavy atom. The fraction of sp³-hybridized carbons (Fsp3) is 0.167. The first-order valence-corrected chi connectivity index (χ1v) is 6.16. The van der Waals surface area contributed by atoms with Gasteiger partial charge in [-0.1, -0.05) is 22.0 Å². The molecule has 6 heteroatoms. The highest BCUT2D eigenvalue weighted by Gasteiger charge is 1.99. The SMILES string of the molecule is Nc1ccc(=O)n(CCOc2cccc(Br)c2)n1. The molecule has 0 fully saturated rings. The van der Waals surface area contributed by atoms with Crippen molar-refractivity contribution in [1.82, 2.24) is 9.78 Å². The number of benzene rings is 1. The second kappa shape index (κ2) is 5.68. The average Bonchev–Trinajstić information content (AvgIpc) is 2.34. The minimum Gasteiger partial charge on any atom is -0.492 e. The van der Waals surface area contributed by atoms with Crippen LogP contribution in [0.1, 0.15) is 0 Å². The van der Waals surface area contributed by atoms with Crippen molar-refractivity contribution in [2.24, 2.45) is 0 Å². The molecular weight excluding hydrogens is 298 g/mol. The molecule has 5 nitrogen and oxygen atoms in total. The van der Waals surface area contributed by atoms with Crippen LogP contribution in [0.3, 0.4) is 0 Å². The van der Waals surface area contributed by atoms with Crippen LogP contribution in [0.4, 0.5) is 5.82 Å². The number of halogens is 1. The van der Waals surface area contributed by atoms with Gasteiger partial charge in [0.05, 0.1) is 6.54 Å². The van der Waals surface area contributed by atoms with E-state index < -0.39 is 0 Å². The van der Waals surface area contributed by atoms with Gasteiger partial charge in [-0.15, -0.1) is 0 Å². The summed E-state index contributed by atoms with van der Waals surface area (Å²) in [6.45, 7) is 0.712. The quantitative estimate of drug-likeness (QED) is 0.932. The molecule has 0 aliphatic heterocycles. The number of anilines is 1. The maximum Gasteiger partial charge on any atom is 0.266 e. The molecule has 1 aromatic heterocycles. The van der Waals surface area contributed by atoms with Crippen molar-refractivity contribution in [3.05, 3.63) is 51.2 Å². The van der Waals surface area contributed by atoms with E-state index in [1.165, 1.54) is 16.8 Å². The lowest BCUT2D eigenvalue weighted by Gasteiger charge is -2.07. The van der Waals surface area contributed by atoms with Crippen LogP contribution < -0.4 is 16.0 Å². The van der Waals surface area contributed by atoms with Crippen LogP contribution in [-0.4, -0.2) is 16.4 Å². The average molecular weight is 310 g/mol. The lowest BCUT2D eigenvalue weighted by molar-refractivity contribution is 0.288. The lowest BCUT2D eigenvalue weighted by atomic mass is 10.3. The Hall–Kier alpha value is -1.82. The van der Waals surface area contributed by atoms with Crippen LogP contribution in [-0.2, 0) is 6.54 Å². The van der Waals surface area contributed by atoms with Crippen molar-refractivity contribution in [2.75, 3.05) is 12.3 Å². The van der Waals surface area contributed by atoms with E-state index in [1.807, 2.05) is 24.3 Å². The largest absolute Gasteiger partial charge is 0.492 e.